The Morgan fingerprint density at radius 3 is 2.50 bits per heavy atom. The quantitative estimate of drug-likeness (QED) is 0.712. The summed E-state index contributed by atoms with van der Waals surface area (Å²) in [5, 5.41) is 6.82. The lowest BCUT2D eigenvalue weighted by molar-refractivity contribution is 0.109. The molecule has 0 radical (unpaired) electrons. The van der Waals surface area contributed by atoms with E-state index in [1.54, 1.807) is 12.4 Å². The van der Waals surface area contributed by atoms with Crippen LogP contribution < -0.4 is 0 Å². The van der Waals surface area contributed by atoms with Gasteiger partial charge in [-0.05, 0) is 50.8 Å². The SMILES string of the molecule is C[C@@H]1CCC[C@H](C)N1/N=C\c1ccncc1. The molecule has 0 aromatic carbocycles. The van der Waals surface area contributed by atoms with E-state index in [0.717, 1.165) is 5.56 Å². The van der Waals surface area contributed by atoms with E-state index < -0.39 is 0 Å². The van der Waals surface area contributed by atoms with Crippen LogP contribution >= 0.6 is 0 Å². The van der Waals surface area contributed by atoms with Crippen LogP contribution in [0.3, 0.4) is 0 Å². The molecule has 86 valence electrons. The van der Waals surface area contributed by atoms with Crippen LogP contribution in [0.5, 0.6) is 0 Å². The van der Waals surface area contributed by atoms with Crippen molar-refractivity contribution in [2.75, 3.05) is 0 Å². The Hall–Kier alpha value is -1.38. The number of piperidine rings is 1. The Labute approximate surface area is 97.2 Å². The van der Waals surface area contributed by atoms with Crippen LogP contribution in [0, 0.1) is 0 Å². The summed E-state index contributed by atoms with van der Waals surface area (Å²) in [7, 11) is 0. The van der Waals surface area contributed by atoms with Crippen molar-refractivity contribution in [3.8, 4) is 0 Å². The molecule has 2 rings (SSSR count). The summed E-state index contributed by atoms with van der Waals surface area (Å²) in [6.07, 6.45) is 9.34. The highest BCUT2D eigenvalue weighted by molar-refractivity contribution is 5.78. The van der Waals surface area contributed by atoms with Crippen LogP contribution in [0.4, 0.5) is 0 Å². The van der Waals surface area contributed by atoms with Crippen molar-refractivity contribution < 1.29 is 0 Å². The molecule has 0 N–H and O–H groups in total. The van der Waals surface area contributed by atoms with Crippen molar-refractivity contribution in [2.45, 2.75) is 45.2 Å². The molecule has 0 bridgehead atoms. The first-order chi connectivity index (χ1) is 7.77. The summed E-state index contributed by atoms with van der Waals surface area (Å²) < 4.78 is 0. The van der Waals surface area contributed by atoms with Crippen LogP contribution in [0.2, 0.25) is 0 Å². The van der Waals surface area contributed by atoms with Gasteiger partial charge in [0.1, 0.15) is 0 Å². The van der Waals surface area contributed by atoms with Gasteiger partial charge in [-0.15, -0.1) is 0 Å². The zero-order valence-electron chi connectivity index (χ0n) is 10.0. The number of aromatic nitrogens is 1. The van der Waals surface area contributed by atoms with E-state index in [1.807, 2.05) is 18.3 Å². The van der Waals surface area contributed by atoms with E-state index >= 15 is 0 Å². The summed E-state index contributed by atoms with van der Waals surface area (Å²) in [6.45, 7) is 4.50. The Balaban J connectivity index is 2.05. The molecule has 0 spiro atoms. The predicted octanol–water partition coefficient (Wildman–Crippen LogP) is 2.68. The van der Waals surface area contributed by atoms with Crippen LogP contribution in [-0.2, 0) is 0 Å². The lowest BCUT2D eigenvalue weighted by Crippen LogP contribution is -2.39. The molecular weight excluding hydrogens is 198 g/mol. The van der Waals surface area contributed by atoms with Gasteiger partial charge in [0.05, 0.1) is 6.21 Å². The monoisotopic (exact) mass is 217 g/mol. The van der Waals surface area contributed by atoms with Gasteiger partial charge in [-0.2, -0.15) is 5.10 Å². The van der Waals surface area contributed by atoms with Gasteiger partial charge in [0.2, 0.25) is 0 Å². The number of pyridine rings is 1. The van der Waals surface area contributed by atoms with Crippen molar-refractivity contribution in [1.82, 2.24) is 9.99 Å². The van der Waals surface area contributed by atoms with E-state index in [1.165, 1.54) is 19.3 Å². The molecular formula is C13H19N3. The summed E-state index contributed by atoms with van der Waals surface area (Å²) in [5.74, 6) is 0. The normalized spacial score (nSPS) is 26.2. The van der Waals surface area contributed by atoms with Crippen LogP contribution in [0.15, 0.2) is 29.6 Å². The number of hydrazone groups is 1. The molecule has 1 aliphatic heterocycles. The maximum absolute atomic E-state index is 4.60. The minimum atomic E-state index is 0.557. The average Bonchev–Trinajstić information content (AvgIpc) is 2.30. The van der Waals surface area contributed by atoms with E-state index in [2.05, 4.69) is 28.9 Å². The van der Waals surface area contributed by atoms with Gasteiger partial charge in [-0.1, -0.05) is 0 Å². The zero-order chi connectivity index (χ0) is 11.4. The van der Waals surface area contributed by atoms with Gasteiger partial charge in [0.15, 0.2) is 0 Å². The highest BCUT2D eigenvalue weighted by Gasteiger charge is 2.22. The fourth-order valence-electron chi connectivity index (χ4n) is 2.22. The molecule has 1 aromatic heterocycles. The Bertz CT molecular complexity index is 337. The van der Waals surface area contributed by atoms with Crippen molar-refractivity contribution >= 4 is 6.21 Å². The number of nitrogens with zero attached hydrogens (tertiary/aromatic N) is 3. The van der Waals surface area contributed by atoms with Crippen LogP contribution in [0.25, 0.3) is 0 Å². The standard InChI is InChI=1S/C13H19N3/c1-11-4-3-5-12(2)16(11)15-10-13-6-8-14-9-7-13/h6-12H,3-5H2,1-2H3/b15-10-/t11-,12+. The average molecular weight is 217 g/mol. The summed E-state index contributed by atoms with van der Waals surface area (Å²) >= 11 is 0. The second-order valence-electron chi connectivity index (χ2n) is 4.53. The highest BCUT2D eigenvalue weighted by Crippen LogP contribution is 2.22. The summed E-state index contributed by atoms with van der Waals surface area (Å²) in [4.78, 5) is 3.99. The first-order valence-corrected chi connectivity index (χ1v) is 5.99. The van der Waals surface area contributed by atoms with Gasteiger partial charge in [0, 0.05) is 24.5 Å². The fraction of sp³-hybridized carbons (Fsp3) is 0.538. The van der Waals surface area contributed by atoms with Gasteiger partial charge in [-0.3, -0.25) is 9.99 Å². The Morgan fingerprint density at radius 1 is 1.25 bits per heavy atom. The lowest BCUT2D eigenvalue weighted by Gasteiger charge is -2.36. The van der Waals surface area contributed by atoms with Crippen molar-refractivity contribution in [2.24, 2.45) is 5.10 Å². The van der Waals surface area contributed by atoms with Crippen molar-refractivity contribution in [3.63, 3.8) is 0 Å². The molecule has 2 atom stereocenters. The number of rotatable bonds is 2. The second-order valence-corrected chi connectivity index (χ2v) is 4.53. The number of hydrogen-bond acceptors (Lipinski definition) is 3. The van der Waals surface area contributed by atoms with Gasteiger partial charge in [0.25, 0.3) is 0 Å². The highest BCUT2D eigenvalue weighted by atomic mass is 15.5. The third-order valence-corrected chi connectivity index (χ3v) is 3.19. The molecule has 0 amide bonds. The minimum Gasteiger partial charge on any atom is -0.292 e. The molecule has 1 fully saturated rings. The number of hydrogen-bond donors (Lipinski definition) is 0. The van der Waals surface area contributed by atoms with E-state index in [9.17, 15) is 0 Å². The fourth-order valence-corrected chi connectivity index (χ4v) is 2.22. The molecule has 0 saturated carbocycles. The zero-order valence-corrected chi connectivity index (χ0v) is 10.0. The maximum Gasteiger partial charge on any atom is 0.0544 e. The molecule has 1 saturated heterocycles. The van der Waals surface area contributed by atoms with E-state index in [-0.39, 0.29) is 0 Å². The predicted molar refractivity (Wildman–Crippen MR) is 66.4 cm³/mol. The molecule has 0 aliphatic carbocycles. The summed E-state index contributed by atoms with van der Waals surface area (Å²) in [5.41, 5.74) is 1.11. The van der Waals surface area contributed by atoms with Gasteiger partial charge >= 0.3 is 0 Å². The molecule has 16 heavy (non-hydrogen) atoms. The van der Waals surface area contributed by atoms with Gasteiger partial charge in [-0.25, -0.2) is 0 Å². The van der Waals surface area contributed by atoms with E-state index in [4.69, 9.17) is 0 Å². The largest absolute Gasteiger partial charge is 0.292 e. The van der Waals surface area contributed by atoms with Crippen LogP contribution in [0.1, 0.15) is 38.7 Å². The molecule has 3 nitrogen and oxygen atoms in total. The third-order valence-electron chi connectivity index (χ3n) is 3.19. The third kappa shape index (κ3) is 2.60. The Morgan fingerprint density at radius 2 is 1.88 bits per heavy atom. The van der Waals surface area contributed by atoms with Gasteiger partial charge < -0.3 is 0 Å². The topological polar surface area (TPSA) is 28.5 Å². The lowest BCUT2D eigenvalue weighted by atomic mass is 10.00. The summed E-state index contributed by atoms with van der Waals surface area (Å²) in [6, 6.07) is 5.06. The van der Waals surface area contributed by atoms with Crippen molar-refractivity contribution in [3.05, 3.63) is 30.1 Å². The second kappa shape index (κ2) is 5.10. The molecule has 2 heterocycles. The first kappa shape index (κ1) is 11.1. The molecule has 1 aliphatic rings. The smallest absolute Gasteiger partial charge is 0.0544 e. The van der Waals surface area contributed by atoms with Crippen molar-refractivity contribution in [1.29, 1.82) is 0 Å². The first-order valence-electron chi connectivity index (χ1n) is 5.99. The molecule has 0 unspecified atom stereocenters. The minimum absolute atomic E-state index is 0.557. The van der Waals surface area contributed by atoms with E-state index in [0.29, 0.717) is 12.1 Å². The maximum atomic E-state index is 4.60. The molecule has 3 heteroatoms. The Kier molecular flexibility index (Phi) is 3.54. The van der Waals surface area contributed by atoms with Crippen LogP contribution in [-0.4, -0.2) is 28.3 Å². The molecule has 1 aromatic rings.